The summed E-state index contributed by atoms with van der Waals surface area (Å²) in [4.78, 5) is 0. The van der Waals surface area contributed by atoms with E-state index in [4.69, 9.17) is 0 Å². The summed E-state index contributed by atoms with van der Waals surface area (Å²) in [5, 5.41) is 2.69. The number of halogens is 2. The molecule has 0 unspecified atom stereocenters. The molecule has 2 aromatic rings. The van der Waals surface area contributed by atoms with E-state index in [1.165, 1.54) is 21.9 Å². The molecule has 0 amide bonds. The van der Waals surface area contributed by atoms with Crippen molar-refractivity contribution in [1.82, 2.24) is 0 Å². The first-order chi connectivity index (χ1) is 8.75. The molecule has 0 spiro atoms. The number of hydrogen-bond acceptors (Lipinski definition) is 0. The summed E-state index contributed by atoms with van der Waals surface area (Å²) in [5.41, 5.74) is 2.69. The van der Waals surface area contributed by atoms with Gasteiger partial charge in [0.05, 0.1) is 0 Å². The zero-order valence-electron chi connectivity index (χ0n) is 13.6. The standard InChI is InChI=1S/C10H9.C6H7.2CH3.2ClH.Ge.Zr/c1-8-6-9-4-2-3-5-10(9)7-8;1-6-4-2-3-5-6;;;;;;/h2-7H,1H3;4-5H,2H2,1H3;2*1H3;2*1H;;/q4*-1;;;;. The first-order valence-electron chi connectivity index (χ1n) is 5.86. The number of fused-ring (bicyclic) bond motifs is 1. The summed E-state index contributed by atoms with van der Waals surface area (Å²) in [5.74, 6) is 0. The molecule has 0 fully saturated rings. The zero-order valence-corrected chi connectivity index (χ0v) is 19.8. The van der Waals surface area contributed by atoms with Crippen LogP contribution in [0.2, 0.25) is 0 Å². The Balaban J connectivity index is -0.000000121. The van der Waals surface area contributed by atoms with Crippen molar-refractivity contribution in [2.24, 2.45) is 0 Å². The third-order valence-corrected chi connectivity index (χ3v) is 2.63. The molecule has 4 heteroatoms. The van der Waals surface area contributed by atoms with Crippen molar-refractivity contribution >= 4 is 47.7 Å². The number of aryl methyl sites for hydroxylation is 1. The summed E-state index contributed by atoms with van der Waals surface area (Å²) in [6.45, 7) is 4.21. The van der Waals surface area contributed by atoms with E-state index in [9.17, 15) is 0 Å². The zero-order chi connectivity index (χ0) is 13.4. The van der Waals surface area contributed by atoms with Gasteiger partial charge in [-0.25, -0.2) is 11.6 Å². The van der Waals surface area contributed by atoms with E-state index in [-0.39, 0.29) is 39.7 Å². The Morgan fingerprint density at radius 2 is 1.68 bits per heavy atom. The molecule has 0 atom stereocenters. The van der Waals surface area contributed by atoms with Gasteiger partial charge in [-0.2, -0.15) is 12.1 Å². The summed E-state index contributed by atoms with van der Waals surface area (Å²) in [7, 11) is 0. The van der Waals surface area contributed by atoms with E-state index in [1.54, 1.807) is 21.6 Å². The number of rotatable bonds is 0. The van der Waals surface area contributed by atoms with Gasteiger partial charge in [-0.15, -0.1) is 78.8 Å². The second kappa shape index (κ2) is 17.7. The van der Waals surface area contributed by atoms with Gasteiger partial charge in [-0.3, -0.25) is 6.08 Å². The van der Waals surface area contributed by atoms with Crippen molar-refractivity contribution in [2.75, 3.05) is 0 Å². The maximum absolute atomic E-state index is 3.05. The van der Waals surface area contributed by atoms with Crippen molar-refractivity contribution in [1.29, 1.82) is 0 Å². The third kappa shape index (κ3) is 10.9. The van der Waals surface area contributed by atoms with Crippen LogP contribution in [0.1, 0.15) is 18.9 Å². The fourth-order valence-electron chi connectivity index (χ4n) is 1.80. The van der Waals surface area contributed by atoms with Crippen LogP contribution in [-0.2, 0) is 21.6 Å². The molecule has 2 aromatic carbocycles. The normalized spacial score (nSPS) is 9.95. The van der Waals surface area contributed by atoms with Gasteiger partial charge >= 0.3 is 33.7 Å². The second-order valence-corrected chi connectivity index (χ2v) is 4.16. The van der Waals surface area contributed by atoms with Crippen LogP contribution in [-0.4, -0.2) is 12.1 Å². The molecule has 3 rings (SSSR count). The van der Waals surface area contributed by atoms with Gasteiger partial charge < -0.3 is 14.9 Å². The molecule has 0 N–H and O–H groups in total. The van der Waals surface area contributed by atoms with Crippen LogP contribution in [0.4, 0.5) is 0 Å². The Morgan fingerprint density at radius 1 is 1.09 bits per heavy atom. The second-order valence-electron chi connectivity index (χ2n) is 4.16. The van der Waals surface area contributed by atoms with Crippen LogP contribution in [0.5, 0.6) is 0 Å². The van der Waals surface area contributed by atoms with Gasteiger partial charge in [0.25, 0.3) is 0 Å². The van der Waals surface area contributed by atoms with Gasteiger partial charge in [0.2, 0.25) is 0 Å². The van der Waals surface area contributed by atoms with E-state index in [2.05, 4.69) is 74.5 Å². The van der Waals surface area contributed by atoms with Crippen molar-refractivity contribution in [3.05, 3.63) is 80.6 Å². The fraction of sp³-hybridized carbons (Fsp3) is 0.167. The van der Waals surface area contributed by atoms with Crippen LogP contribution in [0.3, 0.4) is 0 Å². The molecule has 0 saturated carbocycles. The quantitative estimate of drug-likeness (QED) is 0.328. The molecule has 1 aliphatic carbocycles. The average molecular weight is 475 g/mol. The molecule has 0 aromatic heterocycles. The molecule has 1 aliphatic rings. The van der Waals surface area contributed by atoms with Gasteiger partial charge in [0, 0.05) is 0 Å². The predicted octanol–water partition coefficient (Wildman–Crippen LogP) is 5.92. The summed E-state index contributed by atoms with van der Waals surface area (Å²) < 4.78 is 0. The van der Waals surface area contributed by atoms with Crippen LogP contribution in [0, 0.1) is 27.9 Å². The summed E-state index contributed by atoms with van der Waals surface area (Å²) in [6.07, 6.45) is 8.24. The molecule has 22 heavy (non-hydrogen) atoms. The average Bonchev–Trinajstić information content (AvgIpc) is 3.00. The molecular formula is C18H24Cl2GeZr-4. The number of allylic oxidation sites excluding steroid dienone is 4. The Labute approximate surface area is 169 Å². The number of benzene rings is 1. The van der Waals surface area contributed by atoms with Crippen LogP contribution in [0.15, 0.2) is 54.1 Å². The SMILES string of the molecule is CC1=CC[C-]=C1.Cc1cc2ccccc2[cH-]1.Cl.Cl.[CH3-].[CH3-].[Ge]=[Zr]. The molecule has 0 saturated heterocycles. The minimum atomic E-state index is 0. The van der Waals surface area contributed by atoms with Gasteiger partial charge in [0.15, 0.2) is 0 Å². The fourth-order valence-corrected chi connectivity index (χ4v) is 1.80. The van der Waals surface area contributed by atoms with E-state index >= 15 is 0 Å². The molecular weight excluding hydrogens is 451 g/mol. The van der Waals surface area contributed by atoms with Crippen molar-refractivity contribution in [2.45, 2.75) is 20.3 Å². The third-order valence-electron chi connectivity index (χ3n) is 2.63. The first-order valence-corrected chi connectivity index (χ1v) is 13.3. The predicted molar refractivity (Wildman–Crippen MR) is 104 cm³/mol. The van der Waals surface area contributed by atoms with E-state index < -0.39 is 0 Å². The van der Waals surface area contributed by atoms with Crippen molar-refractivity contribution in [3.63, 3.8) is 0 Å². The van der Waals surface area contributed by atoms with E-state index in [0.29, 0.717) is 0 Å². The molecule has 0 bridgehead atoms. The Bertz CT molecular complexity index is 523. The summed E-state index contributed by atoms with van der Waals surface area (Å²) in [6, 6.07) is 12.8. The molecule has 0 aliphatic heterocycles. The molecule has 2 radical (unpaired) electrons. The van der Waals surface area contributed by atoms with E-state index in [1.807, 2.05) is 6.08 Å². The monoisotopic (exact) mass is 474 g/mol. The van der Waals surface area contributed by atoms with Crippen LogP contribution >= 0.6 is 24.8 Å². The first kappa shape index (κ1) is 30.2. The maximum atomic E-state index is 3.05. The topological polar surface area (TPSA) is 0 Å². The van der Waals surface area contributed by atoms with Crippen LogP contribution in [0.25, 0.3) is 10.8 Å². The minimum absolute atomic E-state index is 0. The van der Waals surface area contributed by atoms with Crippen molar-refractivity contribution in [3.8, 4) is 0 Å². The molecule has 0 nitrogen and oxygen atoms in total. The van der Waals surface area contributed by atoms with Gasteiger partial charge in [0.1, 0.15) is 0 Å². The van der Waals surface area contributed by atoms with Crippen LogP contribution < -0.4 is 0 Å². The Hall–Kier alpha value is 0.316. The molecule has 122 valence electrons. The number of hydrogen-bond donors (Lipinski definition) is 0. The van der Waals surface area contributed by atoms with Gasteiger partial charge in [-0.05, 0) is 0 Å². The van der Waals surface area contributed by atoms with Crippen molar-refractivity contribution < 1.29 is 21.6 Å². The Kier molecular flexibility index (Phi) is 24.3. The van der Waals surface area contributed by atoms with Gasteiger partial charge in [-0.1, -0.05) is 13.0 Å². The Morgan fingerprint density at radius 3 is 2.09 bits per heavy atom. The van der Waals surface area contributed by atoms with E-state index in [0.717, 1.165) is 6.42 Å². The summed E-state index contributed by atoms with van der Waals surface area (Å²) >= 11 is 3.64. The molecule has 0 heterocycles.